The van der Waals surface area contributed by atoms with Crippen LogP contribution in [0.4, 0.5) is 0 Å². The van der Waals surface area contributed by atoms with Crippen LogP contribution in [0.25, 0.3) is 0 Å². The van der Waals surface area contributed by atoms with Gasteiger partial charge in [-0.2, -0.15) is 0 Å². The first-order valence-electron chi connectivity index (χ1n) is 3.16. The molecule has 0 aromatic rings. The first kappa shape index (κ1) is 16.2. The molecule has 0 heterocycles. The van der Waals surface area contributed by atoms with Gasteiger partial charge in [-0.1, -0.05) is 33.7 Å². The van der Waals surface area contributed by atoms with Crippen molar-refractivity contribution in [2.45, 2.75) is 0 Å². The molecule has 0 saturated carbocycles. The normalized spacial score (nSPS) is 9.77. The van der Waals surface area contributed by atoms with Crippen LogP contribution in [-0.2, 0) is 11.8 Å². The Labute approximate surface area is 91.6 Å². The minimum atomic E-state index is -3.81. The molecule has 0 fully saturated rings. The van der Waals surface area contributed by atoms with Gasteiger partial charge in [0.15, 0.2) is 0 Å². The molecule has 3 nitrogen and oxygen atoms in total. The molecule has 0 aromatic heterocycles. The topological polar surface area (TPSA) is 60.7 Å². The molecule has 0 bridgehead atoms. The molecule has 0 aliphatic carbocycles. The summed E-state index contributed by atoms with van der Waals surface area (Å²) >= 11 is 3.60. The van der Waals surface area contributed by atoms with Crippen LogP contribution in [0.5, 0.6) is 0 Å². The van der Waals surface area contributed by atoms with Gasteiger partial charge in [0.25, 0.3) is 0 Å². The van der Waals surface area contributed by atoms with Gasteiger partial charge in [0, 0.05) is 11.5 Å². The minimum Gasteiger partial charge on any atom is -0.325 e. The van der Waals surface area contributed by atoms with Crippen LogP contribution in [0.3, 0.4) is 0 Å². The molecule has 0 rings (SSSR count). The molecule has 0 amide bonds. The summed E-state index contributed by atoms with van der Waals surface area (Å²) in [7, 11) is 3.61. The molecular weight excluding hydrogens is 247 g/mol. The Morgan fingerprint density at radius 3 is 1.46 bits per heavy atom. The van der Waals surface area contributed by atoms with E-state index < -0.39 is 6.72 Å². The summed E-state index contributed by atoms with van der Waals surface area (Å²) in [5.74, 6) is 2.05. The smallest absolute Gasteiger partial charge is 0.319 e. The van der Waals surface area contributed by atoms with Crippen molar-refractivity contribution in [1.82, 2.24) is 0 Å². The third-order valence-corrected chi connectivity index (χ3v) is 2.68. The molecule has 3 N–H and O–H groups in total. The van der Waals surface area contributed by atoms with E-state index in [1.54, 1.807) is 21.6 Å². The molecule has 0 aliphatic rings. The molecule has 7 heteroatoms. The Kier molecular flexibility index (Phi) is 13.4. The zero-order valence-electron chi connectivity index (χ0n) is 7.00. The monoisotopic (exact) mass is 260 g/mol. The highest BCUT2D eigenvalue weighted by Crippen LogP contribution is 2.26. The maximum atomic E-state index is 7.56. The zero-order valence-corrected chi connectivity index (χ0v) is 10.3. The molecule has 0 aliphatic heterocycles. The molecule has 78 valence electrons. The highest BCUT2D eigenvalue weighted by molar-refractivity contribution is 8.76. The van der Waals surface area contributed by atoms with Gasteiger partial charge >= 0.3 is 6.72 Å². The summed E-state index contributed by atoms with van der Waals surface area (Å²) in [5.41, 5.74) is 0. The van der Waals surface area contributed by atoms with E-state index in [1.165, 1.54) is 0 Å². The molecule has 0 atom stereocenters. The average molecular weight is 260 g/mol. The van der Waals surface area contributed by atoms with Gasteiger partial charge < -0.3 is 14.7 Å². The summed E-state index contributed by atoms with van der Waals surface area (Å²) < 4.78 is 0. The first-order chi connectivity index (χ1) is 5.91. The van der Waals surface area contributed by atoms with E-state index in [-0.39, 0.29) is 0 Å². The molecule has 0 radical (unpaired) electrons. The van der Waals surface area contributed by atoms with Gasteiger partial charge in [0.2, 0.25) is 0 Å². The molecule has 0 unspecified atom stereocenters. The Hall–Kier alpha value is 0.710. The fourth-order valence-corrected chi connectivity index (χ4v) is 1.73. The van der Waals surface area contributed by atoms with Crippen LogP contribution in [0.2, 0.25) is 0 Å². The zero-order chi connectivity index (χ0) is 10.7. The van der Waals surface area contributed by atoms with Gasteiger partial charge in [-0.3, -0.25) is 0 Å². The SMILES string of the molecule is C=CCSSCC=C.OP(O)(O)=S. The highest BCUT2D eigenvalue weighted by atomic mass is 33.1. The van der Waals surface area contributed by atoms with Gasteiger partial charge in [0.1, 0.15) is 0 Å². The standard InChI is InChI=1S/C6H10S2.H3O3PS/c1-3-5-7-8-6-4-2;1-4(2,3)5/h3-4H,1-2,5-6H2;(H3,1,2,3,5). The average Bonchev–Trinajstić information content (AvgIpc) is 1.95. The van der Waals surface area contributed by atoms with Crippen molar-refractivity contribution in [1.29, 1.82) is 0 Å². The van der Waals surface area contributed by atoms with Crippen LogP contribution in [-0.4, -0.2) is 26.2 Å². The van der Waals surface area contributed by atoms with E-state index in [4.69, 9.17) is 14.7 Å². The quantitative estimate of drug-likeness (QED) is 0.304. The fraction of sp³-hybridized carbons (Fsp3) is 0.333. The fourth-order valence-electron chi connectivity index (χ4n) is 0.192. The summed E-state index contributed by atoms with van der Waals surface area (Å²) in [6, 6.07) is 0. The van der Waals surface area contributed by atoms with Crippen LogP contribution in [0.15, 0.2) is 25.3 Å². The number of hydrogen-bond donors (Lipinski definition) is 3. The van der Waals surface area contributed by atoms with E-state index in [2.05, 4.69) is 25.0 Å². The molecule has 0 spiro atoms. The van der Waals surface area contributed by atoms with Gasteiger partial charge in [-0.15, -0.1) is 13.2 Å². The second-order valence-corrected chi connectivity index (χ2v) is 6.71. The molecule has 0 aromatic carbocycles. The lowest BCUT2D eigenvalue weighted by Gasteiger charge is -1.89. The summed E-state index contributed by atoms with van der Waals surface area (Å²) in [6.45, 7) is 3.39. The van der Waals surface area contributed by atoms with Crippen LogP contribution in [0, 0.1) is 0 Å². The lowest BCUT2D eigenvalue weighted by molar-refractivity contribution is 0.363. The second-order valence-electron chi connectivity index (χ2n) is 1.66. The predicted octanol–water partition coefficient (Wildman–Crippen LogP) is 1.93. The maximum Gasteiger partial charge on any atom is 0.319 e. The van der Waals surface area contributed by atoms with E-state index in [0.717, 1.165) is 11.5 Å². The lowest BCUT2D eigenvalue weighted by atomic mass is 10.8. The number of hydrogen-bond acceptors (Lipinski definition) is 3. The van der Waals surface area contributed by atoms with E-state index in [0.29, 0.717) is 0 Å². The van der Waals surface area contributed by atoms with E-state index in [9.17, 15) is 0 Å². The van der Waals surface area contributed by atoms with Crippen LogP contribution < -0.4 is 0 Å². The Morgan fingerprint density at radius 1 is 1.08 bits per heavy atom. The number of rotatable bonds is 5. The first-order valence-corrected chi connectivity index (χ1v) is 8.31. The third kappa shape index (κ3) is 44.7. The Balaban J connectivity index is 0. The Morgan fingerprint density at radius 2 is 1.31 bits per heavy atom. The van der Waals surface area contributed by atoms with Crippen molar-refractivity contribution >= 4 is 40.1 Å². The van der Waals surface area contributed by atoms with Gasteiger partial charge in [-0.25, -0.2) is 0 Å². The molecule has 13 heavy (non-hydrogen) atoms. The minimum absolute atomic E-state index is 1.03. The third-order valence-electron chi connectivity index (χ3n) is 0.455. The Bertz CT molecular complexity index is 162. The van der Waals surface area contributed by atoms with Crippen LogP contribution >= 0.6 is 28.3 Å². The van der Waals surface area contributed by atoms with E-state index >= 15 is 0 Å². The largest absolute Gasteiger partial charge is 0.325 e. The van der Waals surface area contributed by atoms with Crippen molar-refractivity contribution in [2.75, 3.05) is 11.5 Å². The van der Waals surface area contributed by atoms with Crippen molar-refractivity contribution in [3.05, 3.63) is 25.3 Å². The molecule has 0 saturated heterocycles. The van der Waals surface area contributed by atoms with Crippen LogP contribution in [0.1, 0.15) is 0 Å². The van der Waals surface area contributed by atoms with Crippen molar-refractivity contribution < 1.29 is 14.7 Å². The highest BCUT2D eigenvalue weighted by Gasteiger charge is 1.92. The van der Waals surface area contributed by atoms with Crippen molar-refractivity contribution in [3.8, 4) is 0 Å². The predicted molar refractivity (Wildman–Crippen MR) is 66.3 cm³/mol. The maximum absolute atomic E-state index is 7.56. The van der Waals surface area contributed by atoms with Gasteiger partial charge in [0.05, 0.1) is 0 Å². The second kappa shape index (κ2) is 10.8. The van der Waals surface area contributed by atoms with E-state index in [1.807, 2.05) is 12.2 Å². The lowest BCUT2D eigenvalue weighted by Crippen LogP contribution is -1.65. The molecular formula is C6H13O3PS3. The van der Waals surface area contributed by atoms with Gasteiger partial charge in [-0.05, 0) is 11.8 Å². The summed E-state index contributed by atoms with van der Waals surface area (Å²) in [4.78, 5) is 22.7. The summed E-state index contributed by atoms with van der Waals surface area (Å²) in [5, 5.41) is 0. The van der Waals surface area contributed by atoms with Crippen molar-refractivity contribution in [3.63, 3.8) is 0 Å². The summed E-state index contributed by atoms with van der Waals surface area (Å²) in [6.07, 6.45) is 3.81. The van der Waals surface area contributed by atoms with Crippen molar-refractivity contribution in [2.24, 2.45) is 0 Å².